The molecule has 3 heterocycles. The number of aliphatic hydroxyl groups is 1. The summed E-state index contributed by atoms with van der Waals surface area (Å²) in [4.78, 5) is 25.1. The zero-order valence-electron chi connectivity index (χ0n) is 15.1. The normalized spacial score (nSPS) is 12.0. The van der Waals surface area contributed by atoms with E-state index < -0.39 is 6.10 Å². The summed E-state index contributed by atoms with van der Waals surface area (Å²) in [5.74, 6) is -0.310. The summed E-state index contributed by atoms with van der Waals surface area (Å²) in [7, 11) is 0. The number of benzene rings is 1. The predicted octanol–water partition coefficient (Wildman–Crippen LogP) is 2.34. The Hall–Kier alpha value is -3.58. The van der Waals surface area contributed by atoms with Crippen molar-refractivity contribution >= 4 is 17.1 Å². The van der Waals surface area contributed by atoms with Gasteiger partial charge >= 0.3 is 0 Å². The van der Waals surface area contributed by atoms with Gasteiger partial charge in [0.25, 0.3) is 5.91 Å². The molecule has 0 fully saturated rings. The summed E-state index contributed by atoms with van der Waals surface area (Å²) < 4.78 is 1.94. The number of amides is 1. The molecule has 3 aromatic heterocycles. The summed E-state index contributed by atoms with van der Waals surface area (Å²) in [5.41, 5.74) is 3.56. The number of pyridine rings is 2. The third kappa shape index (κ3) is 3.89. The monoisotopic (exact) mass is 373 g/mol. The Morgan fingerprint density at radius 1 is 1.11 bits per heavy atom. The minimum Gasteiger partial charge on any atom is -0.387 e. The van der Waals surface area contributed by atoms with Crippen molar-refractivity contribution in [3.63, 3.8) is 0 Å². The van der Waals surface area contributed by atoms with E-state index in [0.29, 0.717) is 23.2 Å². The zero-order chi connectivity index (χ0) is 19.3. The maximum absolute atomic E-state index is 12.4. The summed E-state index contributed by atoms with van der Waals surface area (Å²) in [5, 5.41) is 12.9. The van der Waals surface area contributed by atoms with Crippen molar-refractivity contribution in [3.8, 4) is 0 Å². The number of aromatic nitrogens is 4. The highest BCUT2D eigenvalue weighted by Crippen LogP contribution is 2.15. The number of hydrogen-bond acceptors (Lipinski definition) is 5. The Bertz CT molecular complexity index is 1080. The van der Waals surface area contributed by atoms with Crippen molar-refractivity contribution < 1.29 is 9.90 Å². The van der Waals surface area contributed by atoms with Gasteiger partial charge in [0.2, 0.25) is 0 Å². The fourth-order valence-electron chi connectivity index (χ4n) is 2.95. The van der Waals surface area contributed by atoms with Gasteiger partial charge < -0.3 is 15.0 Å². The number of nitrogens with one attached hydrogen (secondary N) is 1. The van der Waals surface area contributed by atoms with Crippen LogP contribution in [0.3, 0.4) is 0 Å². The van der Waals surface area contributed by atoms with Gasteiger partial charge in [-0.1, -0.05) is 36.4 Å². The summed E-state index contributed by atoms with van der Waals surface area (Å²) in [6, 6.07) is 15.2. The standard InChI is InChI=1S/C21H19N5O2/c27-19(16-7-4-8-22-10-16)12-24-21(28)17-9-18-20(23-11-17)26(14-25-18)13-15-5-2-1-3-6-15/h1-11,14,19,27H,12-13H2,(H,24,28). The van der Waals surface area contributed by atoms with Crippen LogP contribution in [-0.4, -0.2) is 37.1 Å². The number of hydrogen-bond donors (Lipinski definition) is 2. The fourth-order valence-corrected chi connectivity index (χ4v) is 2.95. The van der Waals surface area contributed by atoms with E-state index in [-0.39, 0.29) is 12.5 Å². The van der Waals surface area contributed by atoms with Crippen molar-refractivity contribution in [2.45, 2.75) is 12.6 Å². The molecular formula is C21H19N5O2. The maximum atomic E-state index is 12.4. The van der Waals surface area contributed by atoms with Crippen LogP contribution in [0.4, 0.5) is 0 Å². The first kappa shape index (κ1) is 17.8. The molecule has 0 spiro atoms. The van der Waals surface area contributed by atoms with Gasteiger partial charge in [-0.2, -0.15) is 0 Å². The molecule has 0 bridgehead atoms. The van der Waals surface area contributed by atoms with Crippen molar-refractivity contribution in [2.24, 2.45) is 0 Å². The lowest BCUT2D eigenvalue weighted by molar-refractivity contribution is 0.0916. The number of imidazole rings is 1. The molecule has 0 radical (unpaired) electrons. The minimum absolute atomic E-state index is 0.0883. The van der Waals surface area contributed by atoms with Crippen molar-refractivity contribution in [3.05, 3.63) is 90.1 Å². The summed E-state index contributed by atoms with van der Waals surface area (Å²) in [6.45, 7) is 0.748. The number of carbonyl (C=O) groups is 1. The van der Waals surface area contributed by atoms with E-state index in [1.807, 2.05) is 34.9 Å². The van der Waals surface area contributed by atoms with Crippen LogP contribution in [0.5, 0.6) is 0 Å². The molecule has 7 nitrogen and oxygen atoms in total. The largest absolute Gasteiger partial charge is 0.387 e. The molecule has 28 heavy (non-hydrogen) atoms. The molecule has 4 rings (SSSR count). The molecular weight excluding hydrogens is 354 g/mol. The molecule has 1 atom stereocenters. The number of nitrogens with zero attached hydrogens (tertiary/aromatic N) is 4. The van der Waals surface area contributed by atoms with Crippen LogP contribution in [0.2, 0.25) is 0 Å². The second-order valence-electron chi connectivity index (χ2n) is 6.44. The molecule has 1 unspecified atom stereocenters. The Morgan fingerprint density at radius 3 is 2.75 bits per heavy atom. The van der Waals surface area contributed by atoms with Crippen LogP contribution in [0, 0.1) is 0 Å². The molecule has 140 valence electrons. The first-order valence-corrected chi connectivity index (χ1v) is 8.92. The highest BCUT2D eigenvalue weighted by Gasteiger charge is 2.13. The van der Waals surface area contributed by atoms with Crippen LogP contribution in [0.25, 0.3) is 11.2 Å². The average Bonchev–Trinajstić information content (AvgIpc) is 3.15. The van der Waals surface area contributed by atoms with Gasteiger partial charge in [0.1, 0.15) is 5.52 Å². The lowest BCUT2D eigenvalue weighted by atomic mass is 10.1. The predicted molar refractivity (Wildman–Crippen MR) is 105 cm³/mol. The van der Waals surface area contributed by atoms with Gasteiger partial charge in [0.15, 0.2) is 5.65 Å². The second-order valence-corrected chi connectivity index (χ2v) is 6.44. The maximum Gasteiger partial charge on any atom is 0.253 e. The van der Waals surface area contributed by atoms with Gasteiger partial charge in [-0.15, -0.1) is 0 Å². The smallest absolute Gasteiger partial charge is 0.253 e. The van der Waals surface area contributed by atoms with Gasteiger partial charge in [0.05, 0.1) is 24.5 Å². The van der Waals surface area contributed by atoms with Crippen molar-refractivity contribution in [1.82, 2.24) is 24.8 Å². The third-order valence-corrected chi connectivity index (χ3v) is 4.44. The lowest BCUT2D eigenvalue weighted by Gasteiger charge is -2.11. The minimum atomic E-state index is -0.820. The highest BCUT2D eigenvalue weighted by atomic mass is 16.3. The molecule has 4 aromatic rings. The van der Waals surface area contributed by atoms with Crippen LogP contribution >= 0.6 is 0 Å². The van der Waals surface area contributed by atoms with Crippen LogP contribution < -0.4 is 5.32 Å². The van der Waals surface area contributed by atoms with Gasteiger partial charge in [-0.25, -0.2) is 9.97 Å². The molecule has 1 amide bonds. The Labute approximate surface area is 161 Å². The topological polar surface area (TPSA) is 92.9 Å². The molecule has 2 N–H and O–H groups in total. The molecule has 0 aliphatic carbocycles. The molecule has 0 saturated heterocycles. The third-order valence-electron chi connectivity index (χ3n) is 4.44. The lowest BCUT2D eigenvalue weighted by Crippen LogP contribution is -2.28. The number of rotatable bonds is 6. The van der Waals surface area contributed by atoms with Crippen LogP contribution in [-0.2, 0) is 6.54 Å². The van der Waals surface area contributed by atoms with Gasteiger partial charge in [-0.3, -0.25) is 9.78 Å². The van der Waals surface area contributed by atoms with Crippen molar-refractivity contribution in [1.29, 1.82) is 0 Å². The van der Waals surface area contributed by atoms with Gasteiger partial charge in [-0.05, 0) is 17.7 Å². The Morgan fingerprint density at radius 2 is 1.96 bits per heavy atom. The second kappa shape index (κ2) is 7.98. The number of fused-ring (bicyclic) bond motifs is 1. The van der Waals surface area contributed by atoms with E-state index in [1.165, 1.54) is 6.20 Å². The van der Waals surface area contributed by atoms with Gasteiger partial charge in [0, 0.05) is 30.7 Å². The van der Waals surface area contributed by atoms with E-state index in [2.05, 4.69) is 20.3 Å². The highest BCUT2D eigenvalue weighted by molar-refractivity contribution is 5.96. The van der Waals surface area contributed by atoms with E-state index >= 15 is 0 Å². The molecule has 0 aliphatic heterocycles. The van der Waals surface area contributed by atoms with Crippen molar-refractivity contribution in [2.75, 3.05) is 6.54 Å². The quantitative estimate of drug-likeness (QED) is 0.541. The van der Waals surface area contributed by atoms with E-state index in [4.69, 9.17) is 0 Å². The van der Waals surface area contributed by atoms with E-state index in [9.17, 15) is 9.90 Å². The zero-order valence-corrected chi connectivity index (χ0v) is 15.1. The molecule has 0 aliphatic rings. The van der Waals surface area contributed by atoms with Crippen LogP contribution in [0.1, 0.15) is 27.6 Å². The average molecular weight is 373 g/mol. The first-order chi connectivity index (χ1) is 13.7. The SMILES string of the molecule is O=C(NCC(O)c1cccnc1)c1cnc2c(c1)ncn2Cc1ccccc1. The summed E-state index contributed by atoms with van der Waals surface area (Å²) in [6.07, 6.45) is 5.63. The number of aliphatic hydroxyl groups excluding tert-OH is 1. The summed E-state index contributed by atoms with van der Waals surface area (Å²) >= 11 is 0. The first-order valence-electron chi connectivity index (χ1n) is 8.92. The Kier molecular flexibility index (Phi) is 5.07. The van der Waals surface area contributed by atoms with E-state index in [1.54, 1.807) is 36.9 Å². The number of carbonyl (C=O) groups excluding carboxylic acids is 1. The molecule has 0 saturated carbocycles. The van der Waals surface area contributed by atoms with E-state index in [0.717, 1.165) is 11.2 Å². The fraction of sp³-hybridized carbons (Fsp3) is 0.143. The Balaban J connectivity index is 1.45. The molecule has 1 aromatic carbocycles. The molecule has 7 heteroatoms. The van der Waals surface area contributed by atoms with Crippen LogP contribution in [0.15, 0.2) is 73.4 Å².